The van der Waals surface area contributed by atoms with Crippen molar-refractivity contribution in [1.82, 2.24) is 15.0 Å². The van der Waals surface area contributed by atoms with Crippen LogP contribution < -0.4 is 0 Å². The van der Waals surface area contributed by atoms with Crippen LogP contribution in [0.2, 0.25) is 0 Å². The van der Waals surface area contributed by atoms with Crippen molar-refractivity contribution < 1.29 is 9.50 Å². The van der Waals surface area contributed by atoms with Crippen LogP contribution in [0.1, 0.15) is 0 Å². The topological polar surface area (TPSA) is 50.9 Å². The molecule has 0 radical (unpaired) electrons. The van der Waals surface area contributed by atoms with E-state index in [1.807, 2.05) is 0 Å². The van der Waals surface area contributed by atoms with Gasteiger partial charge in [-0.1, -0.05) is 17.3 Å². The molecule has 5 heteroatoms. The number of nitrogens with zero attached hydrogens (tertiary/aromatic N) is 3. The first-order valence-corrected chi connectivity index (χ1v) is 5.71. The van der Waals surface area contributed by atoms with Gasteiger partial charge in [-0.15, -0.1) is 5.10 Å². The zero-order valence-electron chi connectivity index (χ0n) is 9.86. The van der Waals surface area contributed by atoms with Crippen LogP contribution in [0.5, 0.6) is 5.75 Å². The Balaban J connectivity index is 2.00. The predicted octanol–water partition coefficient (Wildman–Crippen LogP) is 2.78. The molecule has 3 aromatic rings. The number of halogens is 1. The van der Waals surface area contributed by atoms with Crippen molar-refractivity contribution in [2.45, 2.75) is 0 Å². The number of hydrogen-bond donors (Lipinski definition) is 1. The first kappa shape index (κ1) is 11.4. The lowest BCUT2D eigenvalue weighted by molar-refractivity contribution is 0.470. The van der Waals surface area contributed by atoms with Crippen LogP contribution in [0, 0.1) is 5.82 Å². The Labute approximate surface area is 108 Å². The summed E-state index contributed by atoms with van der Waals surface area (Å²) in [5.41, 5.74) is 1.93. The summed E-state index contributed by atoms with van der Waals surface area (Å²) < 4.78 is 14.3. The predicted molar refractivity (Wildman–Crippen MR) is 68.4 cm³/mol. The van der Waals surface area contributed by atoms with Gasteiger partial charge in [-0.2, -0.15) is 0 Å². The van der Waals surface area contributed by atoms with Crippen LogP contribution in [0.25, 0.3) is 16.9 Å². The van der Waals surface area contributed by atoms with Crippen molar-refractivity contribution in [1.29, 1.82) is 0 Å². The molecule has 2 aromatic carbocycles. The van der Waals surface area contributed by atoms with Gasteiger partial charge in [0.25, 0.3) is 0 Å². The molecular weight excluding hydrogens is 245 g/mol. The molecule has 1 aromatic heterocycles. The van der Waals surface area contributed by atoms with E-state index in [4.69, 9.17) is 0 Å². The quantitative estimate of drug-likeness (QED) is 0.766. The van der Waals surface area contributed by atoms with Gasteiger partial charge < -0.3 is 5.11 Å². The van der Waals surface area contributed by atoms with Gasteiger partial charge in [-0.05, 0) is 36.4 Å². The molecule has 19 heavy (non-hydrogen) atoms. The number of benzene rings is 2. The molecule has 0 atom stereocenters. The van der Waals surface area contributed by atoms with Crippen LogP contribution in [0.15, 0.2) is 54.7 Å². The second kappa shape index (κ2) is 4.53. The summed E-state index contributed by atoms with van der Waals surface area (Å²) >= 11 is 0. The van der Waals surface area contributed by atoms with E-state index in [9.17, 15) is 9.50 Å². The summed E-state index contributed by atoms with van der Waals surface area (Å²) in [5.74, 6) is -0.171. The molecule has 1 N–H and O–H groups in total. The Kier molecular flexibility index (Phi) is 2.72. The molecule has 0 unspecified atom stereocenters. The zero-order valence-corrected chi connectivity index (χ0v) is 9.86. The van der Waals surface area contributed by atoms with Crippen molar-refractivity contribution in [2.75, 3.05) is 0 Å². The molecule has 1 heterocycles. The van der Waals surface area contributed by atoms with E-state index in [0.717, 1.165) is 5.56 Å². The van der Waals surface area contributed by atoms with Gasteiger partial charge in [0.15, 0.2) is 0 Å². The number of phenolic OH excluding ortho intramolecular Hbond substituents is 1. The molecule has 0 bridgehead atoms. The summed E-state index contributed by atoms with van der Waals surface area (Å²) in [7, 11) is 0. The van der Waals surface area contributed by atoms with Crippen LogP contribution in [0.4, 0.5) is 4.39 Å². The van der Waals surface area contributed by atoms with Crippen molar-refractivity contribution in [3.63, 3.8) is 0 Å². The fraction of sp³-hybridized carbons (Fsp3) is 0. The van der Waals surface area contributed by atoms with E-state index in [1.54, 1.807) is 42.6 Å². The third-order valence-electron chi connectivity index (χ3n) is 2.76. The molecule has 0 amide bonds. The van der Waals surface area contributed by atoms with Crippen LogP contribution in [-0.2, 0) is 0 Å². The molecule has 3 rings (SSSR count). The van der Waals surface area contributed by atoms with Crippen molar-refractivity contribution in [3.05, 3.63) is 60.5 Å². The minimum atomic E-state index is -0.295. The lowest BCUT2D eigenvalue weighted by atomic mass is 10.2. The fourth-order valence-corrected chi connectivity index (χ4v) is 1.79. The summed E-state index contributed by atoms with van der Waals surface area (Å²) in [6.07, 6.45) is 1.68. The van der Waals surface area contributed by atoms with E-state index in [-0.39, 0.29) is 11.6 Å². The van der Waals surface area contributed by atoms with E-state index < -0.39 is 0 Å². The van der Waals surface area contributed by atoms with Crippen molar-refractivity contribution in [3.8, 4) is 22.7 Å². The highest BCUT2D eigenvalue weighted by Crippen LogP contribution is 2.22. The number of hydrogen-bond acceptors (Lipinski definition) is 3. The average Bonchev–Trinajstić information content (AvgIpc) is 2.89. The molecule has 0 spiro atoms. The van der Waals surface area contributed by atoms with Crippen LogP contribution >= 0.6 is 0 Å². The minimum absolute atomic E-state index is 0.123. The summed E-state index contributed by atoms with van der Waals surface area (Å²) in [6, 6.07) is 12.9. The normalized spacial score (nSPS) is 10.6. The lowest BCUT2D eigenvalue weighted by Crippen LogP contribution is -1.94. The second-order valence-corrected chi connectivity index (χ2v) is 4.04. The third-order valence-corrected chi connectivity index (χ3v) is 2.76. The highest BCUT2D eigenvalue weighted by molar-refractivity contribution is 5.58. The summed E-state index contributed by atoms with van der Waals surface area (Å²) in [4.78, 5) is 0. The van der Waals surface area contributed by atoms with Gasteiger partial charge in [0, 0.05) is 5.56 Å². The molecule has 0 aliphatic heterocycles. The third kappa shape index (κ3) is 2.18. The van der Waals surface area contributed by atoms with E-state index in [2.05, 4.69) is 10.3 Å². The van der Waals surface area contributed by atoms with Crippen molar-refractivity contribution >= 4 is 0 Å². The summed E-state index contributed by atoms with van der Waals surface area (Å²) in [5, 5.41) is 17.7. The van der Waals surface area contributed by atoms with Gasteiger partial charge in [0.05, 0.1) is 6.20 Å². The van der Waals surface area contributed by atoms with Gasteiger partial charge in [0.1, 0.15) is 22.9 Å². The van der Waals surface area contributed by atoms with E-state index in [0.29, 0.717) is 11.4 Å². The van der Waals surface area contributed by atoms with Crippen molar-refractivity contribution in [2.24, 2.45) is 0 Å². The monoisotopic (exact) mass is 255 g/mol. The number of phenols is 1. The number of aromatic nitrogens is 3. The van der Waals surface area contributed by atoms with Crippen LogP contribution in [-0.4, -0.2) is 20.1 Å². The maximum absolute atomic E-state index is 12.9. The highest BCUT2D eigenvalue weighted by atomic mass is 19.1. The molecule has 0 aliphatic rings. The lowest BCUT2D eigenvalue weighted by Gasteiger charge is -2.01. The molecule has 0 aliphatic carbocycles. The molecule has 0 saturated carbocycles. The van der Waals surface area contributed by atoms with E-state index >= 15 is 0 Å². The first-order chi connectivity index (χ1) is 9.24. The maximum atomic E-state index is 12.9. The molecule has 4 nitrogen and oxygen atoms in total. The molecule has 0 saturated heterocycles. The van der Waals surface area contributed by atoms with Gasteiger partial charge in [0.2, 0.25) is 0 Å². The van der Waals surface area contributed by atoms with Crippen LogP contribution in [0.3, 0.4) is 0 Å². The maximum Gasteiger partial charge on any atom is 0.141 e. The first-order valence-electron chi connectivity index (χ1n) is 5.71. The fourth-order valence-electron chi connectivity index (χ4n) is 1.79. The molecule has 0 fully saturated rings. The zero-order chi connectivity index (χ0) is 13.2. The van der Waals surface area contributed by atoms with E-state index in [1.165, 1.54) is 16.8 Å². The molecule has 94 valence electrons. The standard InChI is InChI=1S/C14H10FN3O/c15-11-7-5-10(6-8-11)12-9-18(17-16-12)13-3-1-2-4-14(13)19/h1-9,19H. The second-order valence-electron chi connectivity index (χ2n) is 4.04. The molecular formula is C14H10FN3O. The Hall–Kier alpha value is -2.69. The Bertz CT molecular complexity index is 707. The Morgan fingerprint density at radius 2 is 1.74 bits per heavy atom. The number of para-hydroxylation sites is 2. The Morgan fingerprint density at radius 3 is 2.47 bits per heavy atom. The summed E-state index contributed by atoms with van der Waals surface area (Å²) in [6.45, 7) is 0. The van der Waals surface area contributed by atoms with Gasteiger partial charge >= 0.3 is 0 Å². The number of rotatable bonds is 2. The van der Waals surface area contributed by atoms with Gasteiger partial charge in [-0.3, -0.25) is 0 Å². The number of aromatic hydroxyl groups is 1. The Morgan fingerprint density at radius 1 is 1.00 bits per heavy atom. The highest BCUT2D eigenvalue weighted by Gasteiger charge is 2.07. The average molecular weight is 255 g/mol. The van der Waals surface area contributed by atoms with Gasteiger partial charge in [-0.25, -0.2) is 9.07 Å². The smallest absolute Gasteiger partial charge is 0.141 e. The minimum Gasteiger partial charge on any atom is -0.506 e. The largest absolute Gasteiger partial charge is 0.506 e. The SMILES string of the molecule is Oc1ccccc1-n1cc(-c2ccc(F)cc2)nn1.